The molecule has 2 unspecified atom stereocenters. The molecule has 0 aliphatic carbocycles. The van der Waals surface area contributed by atoms with Gasteiger partial charge in [0.2, 0.25) is 0 Å². The molecule has 0 spiro atoms. The summed E-state index contributed by atoms with van der Waals surface area (Å²) >= 11 is 3.61. The van der Waals surface area contributed by atoms with Crippen molar-refractivity contribution in [3.05, 3.63) is 81.8 Å². The first-order valence-electron chi connectivity index (χ1n) is 12.4. The highest BCUT2D eigenvalue weighted by molar-refractivity contribution is 9.10. The number of amides is 1. The molecule has 2 atom stereocenters. The van der Waals surface area contributed by atoms with Gasteiger partial charge in [-0.05, 0) is 30.5 Å². The fourth-order valence-corrected chi connectivity index (χ4v) is 4.82. The Morgan fingerprint density at radius 2 is 1.68 bits per heavy atom. The molecule has 4 rings (SSSR count). The topological polar surface area (TPSA) is 117 Å². The average Bonchev–Trinajstić information content (AvgIpc) is 3.26. The van der Waals surface area contributed by atoms with Crippen molar-refractivity contribution in [3.63, 3.8) is 0 Å². The van der Waals surface area contributed by atoms with Gasteiger partial charge in [0.1, 0.15) is 6.10 Å². The predicted molar refractivity (Wildman–Crippen MR) is 145 cm³/mol. The van der Waals surface area contributed by atoms with Gasteiger partial charge >= 0.3 is 18.0 Å². The lowest BCUT2D eigenvalue weighted by molar-refractivity contribution is -0.134. The molecule has 204 valence electrons. The van der Waals surface area contributed by atoms with Crippen LogP contribution in [0.15, 0.2) is 65.2 Å². The van der Waals surface area contributed by atoms with Gasteiger partial charge in [-0.2, -0.15) is 0 Å². The monoisotopic (exact) mass is 588 g/mol. The molecular weight excluding hydrogens is 556 g/mol. The van der Waals surface area contributed by atoms with Crippen molar-refractivity contribution in [3.8, 4) is 0 Å². The molecular formula is C28H33BrN2O7. The molecule has 2 N–H and O–H groups in total. The Morgan fingerprint density at radius 3 is 2.29 bits per heavy atom. The largest absolute Gasteiger partial charge is 0.478 e. The highest BCUT2D eigenvalue weighted by Gasteiger charge is 2.37. The van der Waals surface area contributed by atoms with Crippen LogP contribution in [0.3, 0.4) is 0 Å². The van der Waals surface area contributed by atoms with E-state index in [1.807, 2.05) is 23.1 Å². The van der Waals surface area contributed by atoms with E-state index in [9.17, 15) is 14.4 Å². The van der Waals surface area contributed by atoms with Gasteiger partial charge in [-0.25, -0.2) is 14.4 Å². The van der Waals surface area contributed by atoms with Crippen LogP contribution in [0.1, 0.15) is 29.2 Å². The zero-order chi connectivity index (χ0) is 27.5. The number of rotatable bonds is 9. The normalized spacial score (nSPS) is 18.5. The molecule has 38 heavy (non-hydrogen) atoms. The van der Waals surface area contributed by atoms with E-state index in [0.29, 0.717) is 25.1 Å². The maximum absolute atomic E-state index is 12.9. The van der Waals surface area contributed by atoms with Crippen LogP contribution in [0.2, 0.25) is 0 Å². The molecule has 2 fully saturated rings. The van der Waals surface area contributed by atoms with Crippen molar-refractivity contribution in [2.24, 2.45) is 0 Å². The summed E-state index contributed by atoms with van der Waals surface area (Å²) in [7, 11) is 0. The molecule has 2 saturated heterocycles. The summed E-state index contributed by atoms with van der Waals surface area (Å²) in [5.74, 6) is -2.51. The molecule has 0 saturated carbocycles. The molecule has 0 bridgehead atoms. The lowest BCUT2D eigenvalue weighted by atomic mass is 10.00. The van der Waals surface area contributed by atoms with Gasteiger partial charge in [-0.15, -0.1) is 0 Å². The third-order valence-electron chi connectivity index (χ3n) is 6.34. The van der Waals surface area contributed by atoms with Crippen molar-refractivity contribution in [1.82, 2.24) is 9.80 Å². The fraction of sp³-hybridized carbons (Fsp3) is 0.393. The number of aryl methyl sites for hydroxylation is 1. The summed E-state index contributed by atoms with van der Waals surface area (Å²) in [6, 6.07) is 16.7. The van der Waals surface area contributed by atoms with E-state index in [1.54, 1.807) is 0 Å². The molecule has 0 radical (unpaired) electrons. The van der Waals surface area contributed by atoms with Crippen molar-refractivity contribution in [2.75, 3.05) is 39.4 Å². The Hall–Kier alpha value is -3.21. The zero-order valence-corrected chi connectivity index (χ0v) is 22.9. The highest BCUT2D eigenvalue weighted by atomic mass is 79.9. The molecule has 0 aromatic heterocycles. The second-order valence-corrected chi connectivity index (χ2v) is 9.99. The smallest absolute Gasteiger partial charge is 0.410 e. The number of carbonyl (C=O) groups excluding carboxylic acids is 1. The number of carboxylic acids is 2. The SMILES string of the molecule is Cc1ccc(C(CCN2CCOCC2)N2CC(Cc3ccccc3Br)OC2=O)cc1.O=C(O)/C=C/C(=O)O. The first-order chi connectivity index (χ1) is 18.2. The van der Waals surface area contributed by atoms with Crippen molar-refractivity contribution in [2.45, 2.75) is 31.9 Å². The van der Waals surface area contributed by atoms with E-state index in [0.717, 1.165) is 49.3 Å². The molecule has 9 nitrogen and oxygen atoms in total. The quantitative estimate of drug-likeness (QED) is 0.416. The minimum Gasteiger partial charge on any atom is -0.478 e. The van der Waals surface area contributed by atoms with Crippen molar-refractivity contribution < 1.29 is 34.1 Å². The Bertz CT molecular complexity index is 1100. The fourth-order valence-electron chi connectivity index (χ4n) is 4.37. The van der Waals surface area contributed by atoms with Crippen LogP contribution in [0, 0.1) is 6.92 Å². The van der Waals surface area contributed by atoms with Gasteiger partial charge in [0.15, 0.2) is 0 Å². The summed E-state index contributed by atoms with van der Waals surface area (Å²) in [6.07, 6.45) is 2.38. The molecule has 10 heteroatoms. The summed E-state index contributed by atoms with van der Waals surface area (Å²) in [5.41, 5.74) is 3.56. The van der Waals surface area contributed by atoms with Crippen LogP contribution in [0.4, 0.5) is 4.79 Å². The number of halogens is 1. The lowest BCUT2D eigenvalue weighted by Gasteiger charge is -2.31. The number of carboxylic acid groups (broad SMARTS) is 2. The van der Waals surface area contributed by atoms with Crippen LogP contribution in [0.5, 0.6) is 0 Å². The second-order valence-electron chi connectivity index (χ2n) is 9.13. The first kappa shape index (κ1) is 29.3. The zero-order valence-electron chi connectivity index (χ0n) is 21.3. The molecule has 2 heterocycles. The van der Waals surface area contributed by atoms with E-state index >= 15 is 0 Å². The van der Waals surface area contributed by atoms with E-state index in [4.69, 9.17) is 19.7 Å². The van der Waals surface area contributed by atoms with Gasteiger partial charge in [0.05, 0.1) is 25.8 Å². The highest BCUT2D eigenvalue weighted by Crippen LogP contribution is 2.31. The number of benzene rings is 2. The Morgan fingerprint density at radius 1 is 1.05 bits per heavy atom. The molecule has 2 aliphatic heterocycles. The van der Waals surface area contributed by atoms with E-state index < -0.39 is 11.9 Å². The van der Waals surface area contributed by atoms with Gasteiger partial charge in [-0.1, -0.05) is 64.0 Å². The maximum atomic E-state index is 12.9. The molecule has 2 aliphatic rings. The van der Waals surface area contributed by atoms with Crippen LogP contribution in [-0.4, -0.2) is 83.5 Å². The van der Waals surface area contributed by atoms with Crippen LogP contribution < -0.4 is 0 Å². The predicted octanol–water partition coefficient (Wildman–Crippen LogP) is 4.30. The Kier molecular flexibility index (Phi) is 11.3. The second kappa shape index (κ2) is 14.7. The summed E-state index contributed by atoms with van der Waals surface area (Å²) < 4.78 is 12.3. The minimum absolute atomic E-state index is 0.0187. The number of aliphatic carboxylic acids is 2. The maximum Gasteiger partial charge on any atom is 0.410 e. The van der Waals surface area contributed by atoms with Crippen LogP contribution in [-0.2, 0) is 25.5 Å². The van der Waals surface area contributed by atoms with Crippen LogP contribution >= 0.6 is 15.9 Å². The third kappa shape index (κ3) is 9.27. The van der Waals surface area contributed by atoms with E-state index in [1.165, 1.54) is 11.1 Å². The summed E-state index contributed by atoms with van der Waals surface area (Å²) in [4.78, 5) is 36.3. The summed E-state index contributed by atoms with van der Waals surface area (Å²) in [5, 5.41) is 15.6. The Labute approximate surface area is 230 Å². The number of carbonyl (C=O) groups is 3. The lowest BCUT2D eigenvalue weighted by Crippen LogP contribution is -2.39. The van der Waals surface area contributed by atoms with Gasteiger partial charge < -0.3 is 19.7 Å². The standard InChI is InChI=1S/C24H29BrN2O3.C4H4O4/c1-18-6-8-19(9-7-18)23(10-11-26-12-14-29-15-13-26)27-17-21(30-24(27)28)16-20-4-2-3-5-22(20)25;5-3(6)1-2-4(7)8/h2-9,21,23H,10-17H2,1H3;1-2H,(H,5,6)(H,7,8)/b;2-1+. The summed E-state index contributed by atoms with van der Waals surface area (Å²) in [6.45, 7) is 7.13. The number of hydrogen-bond acceptors (Lipinski definition) is 6. The first-order valence-corrected chi connectivity index (χ1v) is 13.2. The number of ether oxygens (including phenoxy) is 2. The van der Waals surface area contributed by atoms with Crippen molar-refractivity contribution in [1.29, 1.82) is 0 Å². The minimum atomic E-state index is -1.26. The van der Waals surface area contributed by atoms with Gasteiger partial charge in [0.25, 0.3) is 0 Å². The Balaban J connectivity index is 0.000000436. The van der Waals surface area contributed by atoms with Crippen LogP contribution in [0.25, 0.3) is 0 Å². The van der Waals surface area contributed by atoms with Crippen molar-refractivity contribution >= 4 is 34.0 Å². The average molecular weight is 589 g/mol. The number of morpholine rings is 1. The molecule has 2 aromatic carbocycles. The van der Waals surface area contributed by atoms with E-state index in [2.05, 4.69) is 58.1 Å². The van der Waals surface area contributed by atoms with E-state index in [-0.39, 0.29) is 18.2 Å². The van der Waals surface area contributed by atoms with Gasteiger partial charge in [-0.3, -0.25) is 9.80 Å². The molecule has 2 aromatic rings. The number of nitrogens with zero attached hydrogens (tertiary/aromatic N) is 2. The number of cyclic esters (lactones) is 1. The molecule has 1 amide bonds. The van der Waals surface area contributed by atoms with Gasteiger partial charge in [0, 0.05) is 42.7 Å². The number of hydrogen-bond donors (Lipinski definition) is 2. The third-order valence-corrected chi connectivity index (χ3v) is 7.11.